The van der Waals surface area contributed by atoms with Crippen LogP contribution in [0.25, 0.3) is 0 Å². The number of urea groups is 1. The van der Waals surface area contributed by atoms with Gasteiger partial charge < -0.3 is 15.5 Å². The third kappa shape index (κ3) is 6.22. The summed E-state index contributed by atoms with van der Waals surface area (Å²) in [5.74, 6) is 0.898. The lowest BCUT2D eigenvalue weighted by Crippen LogP contribution is -2.58. The predicted octanol–water partition coefficient (Wildman–Crippen LogP) is 5.09. The molecular formula is C29H39ClN4O2. The van der Waals surface area contributed by atoms with Crippen LogP contribution in [-0.4, -0.2) is 65.4 Å². The fourth-order valence-corrected chi connectivity index (χ4v) is 5.80. The Morgan fingerprint density at radius 1 is 0.944 bits per heavy atom. The fourth-order valence-electron chi connectivity index (χ4n) is 5.68. The topological polar surface area (TPSA) is 69.9 Å². The third-order valence-corrected chi connectivity index (χ3v) is 8.13. The number of piperazine rings is 1. The second-order valence-electron chi connectivity index (χ2n) is 10.7. The van der Waals surface area contributed by atoms with Crippen molar-refractivity contribution in [3.05, 3.63) is 70.2 Å². The normalized spacial score (nSPS) is 20.5. The Hall–Kier alpha value is -2.57. The number of nitrogens with two attached hydrogens (primary N) is 1. The Kier molecular flexibility index (Phi) is 8.58. The monoisotopic (exact) mass is 510 g/mol. The second-order valence-corrected chi connectivity index (χ2v) is 11.2. The van der Waals surface area contributed by atoms with Gasteiger partial charge in [-0.05, 0) is 54.9 Å². The first-order valence-corrected chi connectivity index (χ1v) is 13.5. The van der Waals surface area contributed by atoms with E-state index in [-0.39, 0.29) is 24.0 Å². The molecule has 0 aliphatic carbocycles. The maximum absolute atomic E-state index is 13.5. The molecule has 0 spiro atoms. The third-order valence-electron chi connectivity index (χ3n) is 7.87. The Labute approximate surface area is 220 Å². The van der Waals surface area contributed by atoms with E-state index in [0.29, 0.717) is 31.3 Å². The number of hydrogen-bond donors (Lipinski definition) is 1. The molecule has 36 heavy (non-hydrogen) atoms. The summed E-state index contributed by atoms with van der Waals surface area (Å²) >= 11 is 6.21. The van der Waals surface area contributed by atoms with E-state index in [2.05, 4.69) is 67.0 Å². The van der Waals surface area contributed by atoms with E-state index in [9.17, 15) is 9.59 Å². The van der Waals surface area contributed by atoms with E-state index in [1.807, 2.05) is 12.1 Å². The molecule has 2 heterocycles. The zero-order chi connectivity index (χ0) is 25.8. The molecule has 6 nitrogen and oxygen atoms in total. The Bertz CT molecular complexity index is 987. The van der Waals surface area contributed by atoms with Crippen LogP contribution in [0.3, 0.4) is 0 Å². The number of benzene rings is 2. The van der Waals surface area contributed by atoms with Crippen molar-refractivity contribution in [2.24, 2.45) is 17.6 Å². The van der Waals surface area contributed by atoms with E-state index < -0.39 is 0 Å². The second kappa shape index (κ2) is 11.7. The van der Waals surface area contributed by atoms with Gasteiger partial charge in [-0.2, -0.15) is 0 Å². The Morgan fingerprint density at radius 2 is 1.53 bits per heavy atom. The number of amides is 3. The van der Waals surface area contributed by atoms with Crippen molar-refractivity contribution in [2.45, 2.75) is 52.1 Å². The molecule has 2 aliphatic heterocycles. The molecule has 2 atom stereocenters. The van der Waals surface area contributed by atoms with Crippen molar-refractivity contribution in [3.8, 4) is 0 Å². The van der Waals surface area contributed by atoms with Crippen molar-refractivity contribution >= 4 is 23.5 Å². The van der Waals surface area contributed by atoms with Crippen LogP contribution >= 0.6 is 11.6 Å². The van der Waals surface area contributed by atoms with E-state index in [4.69, 9.17) is 17.3 Å². The molecule has 2 aliphatic rings. The van der Waals surface area contributed by atoms with Gasteiger partial charge in [0.15, 0.2) is 0 Å². The first kappa shape index (κ1) is 26.5. The predicted molar refractivity (Wildman–Crippen MR) is 145 cm³/mol. The highest BCUT2D eigenvalue weighted by Gasteiger charge is 2.37. The van der Waals surface area contributed by atoms with Crippen molar-refractivity contribution < 1.29 is 9.59 Å². The molecule has 0 saturated carbocycles. The van der Waals surface area contributed by atoms with Crippen molar-refractivity contribution in [1.82, 2.24) is 14.7 Å². The van der Waals surface area contributed by atoms with Gasteiger partial charge in [-0.1, -0.05) is 67.4 Å². The van der Waals surface area contributed by atoms with Crippen LogP contribution in [-0.2, 0) is 4.79 Å². The minimum Gasteiger partial charge on any atom is -0.351 e. The molecule has 0 radical (unpaired) electrons. The summed E-state index contributed by atoms with van der Waals surface area (Å²) in [5, 5.41) is 0.735. The number of hydrogen-bond acceptors (Lipinski definition) is 3. The number of aryl methyl sites for hydroxylation is 1. The number of likely N-dealkylation sites (tertiary alicyclic amines) is 1. The summed E-state index contributed by atoms with van der Waals surface area (Å²) in [5.41, 5.74) is 9.13. The first-order valence-electron chi connectivity index (χ1n) is 13.1. The quantitative estimate of drug-likeness (QED) is 0.588. The van der Waals surface area contributed by atoms with E-state index in [0.717, 1.165) is 37.5 Å². The molecule has 2 aromatic carbocycles. The molecule has 0 aromatic heterocycles. The first-order chi connectivity index (χ1) is 17.2. The lowest BCUT2D eigenvalue weighted by molar-refractivity contribution is -0.139. The summed E-state index contributed by atoms with van der Waals surface area (Å²) in [4.78, 5) is 31.2. The van der Waals surface area contributed by atoms with Gasteiger partial charge in [0.25, 0.3) is 0 Å². The number of halogens is 1. The Balaban J connectivity index is 1.49. The summed E-state index contributed by atoms with van der Waals surface area (Å²) in [6, 6.07) is 16.8. The van der Waals surface area contributed by atoms with Crippen LogP contribution < -0.4 is 5.73 Å². The number of piperidine rings is 1. The lowest BCUT2D eigenvalue weighted by atomic mass is 9.90. The molecule has 2 aromatic rings. The van der Waals surface area contributed by atoms with Crippen molar-refractivity contribution in [1.29, 1.82) is 0 Å². The van der Waals surface area contributed by atoms with Gasteiger partial charge in [0.1, 0.15) is 0 Å². The van der Waals surface area contributed by atoms with E-state index in [1.54, 1.807) is 4.90 Å². The summed E-state index contributed by atoms with van der Waals surface area (Å²) in [6.07, 6.45) is 2.23. The van der Waals surface area contributed by atoms with Gasteiger partial charge in [0.05, 0.1) is 6.04 Å². The maximum atomic E-state index is 13.5. The minimum absolute atomic E-state index is 0.111. The molecule has 2 saturated heterocycles. The summed E-state index contributed by atoms with van der Waals surface area (Å²) < 4.78 is 0. The molecule has 2 fully saturated rings. The zero-order valence-corrected chi connectivity index (χ0v) is 22.5. The van der Waals surface area contributed by atoms with Crippen LogP contribution in [0.15, 0.2) is 48.5 Å². The van der Waals surface area contributed by atoms with Crippen LogP contribution in [0.1, 0.15) is 55.8 Å². The van der Waals surface area contributed by atoms with Gasteiger partial charge in [-0.25, -0.2) is 4.79 Å². The SMILES string of the molecule is Cc1ccc(C(c2ccc(Cl)cc2)N2CCN(C(=O)CC3CCN(C(N)=O)CC3)[C@@H](C(C)C)C2)cc1. The highest BCUT2D eigenvalue weighted by atomic mass is 35.5. The molecule has 0 bridgehead atoms. The van der Waals surface area contributed by atoms with Crippen LogP contribution in [0.4, 0.5) is 4.79 Å². The smallest absolute Gasteiger partial charge is 0.314 e. The zero-order valence-electron chi connectivity index (χ0n) is 21.7. The average Bonchev–Trinajstić information content (AvgIpc) is 2.86. The summed E-state index contributed by atoms with van der Waals surface area (Å²) in [7, 11) is 0. The van der Waals surface area contributed by atoms with Gasteiger partial charge in [0, 0.05) is 50.2 Å². The standard InChI is InChI=1S/C29H39ClN4O2/c1-20(2)26-19-33(16-17-34(26)27(35)18-22-12-14-32(15-13-22)29(31)36)28(23-6-4-21(3)5-7-23)24-8-10-25(30)11-9-24/h4-11,20,22,26,28H,12-19H2,1-3H3,(H2,31,36)/t26-,28?/m1/s1. The van der Waals surface area contributed by atoms with Crippen LogP contribution in [0.2, 0.25) is 5.02 Å². The maximum Gasteiger partial charge on any atom is 0.314 e. The molecule has 1 unspecified atom stereocenters. The molecule has 4 rings (SSSR count). The van der Waals surface area contributed by atoms with Gasteiger partial charge >= 0.3 is 6.03 Å². The molecule has 194 valence electrons. The number of carbonyl (C=O) groups is 2. The van der Waals surface area contributed by atoms with Gasteiger partial charge in [-0.3, -0.25) is 9.69 Å². The van der Waals surface area contributed by atoms with E-state index >= 15 is 0 Å². The number of carbonyl (C=O) groups excluding carboxylic acids is 2. The van der Waals surface area contributed by atoms with Gasteiger partial charge in [-0.15, -0.1) is 0 Å². The highest BCUT2D eigenvalue weighted by Crippen LogP contribution is 2.33. The lowest BCUT2D eigenvalue weighted by Gasteiger charge is -2.47. The highest BCUT2D eigenvalue weighted by molar-refractivity contribution is 6.30. The minimum atomic E-state index is -0.361. The largest absolute Gasteiger partial charge is 0.351 e. The molecule has 2 N–H and O–H groups in total. The Morgan fingerprint density at radius 3 is 2.08 bits per heavy atom. The van der Waals surface area contributed by atoms with Crippen LogP contribution in [0, 0.1) is 18.8 Å². The molecular weight excluding hydrogens is 472 g/mol. The van der Waals surface area contributed by atoms with Crippen molar-refractivity contribution in [2.75, 3.05) is 32.7 Å². The summed E-state index contributed by atoms with van der Waals surface area (Å²) in [6.45, 7) is 10.2. The van der Waals surface area contributed by atoms with Gasteiger partial charge in [0.2, 0.25) is 5.91 Å². The number of nitrogens with zero attached hydrogens (tertiary/aromatic N) is 3. The fraction of sp³-hybridized carbons (Fsp3) is 0.517. The molecule has 3 amide bonds. The average molecular weight is 511 g/mol. The molecule has 7 heteroatoms. The van der Waals surface area contributed by atoms with Crippen molar-refractivity contribution in [3.63, 3.8) is 0 Å². The number of primary amides is 1. The van der Waals surface area contributed by atoms with E-state index in [1.165, 1.54) is 16.7 Å². The number of rotatable bonds is 6. The van der Waals surface area contributed by atoms with Crippen LogP contribution in [0.5, 0.6) is 0 Å².